The molecule has 2 rings (SSSR count). The Hall–Kier alpha value is -1.30. The molecule has 0 heterocycles. The second-order valence-corrected chi connectivity index (χ2v) is 4.31. The van der Waals surface area contributed by atoms with Gasteiger partial charge in [-0.25, -0.2) is 0 Å². The lowest BCUT2D eigenvalue weighted by atomic mass is 10.0. The van der Waals surface area contributed by atoms with E-state index in [0.29, 0.717) is 0 Å². The molecule has 0 bridgehead atoms. The van der Waals surface area contributed by atoms with Gasteiger partial charge in [0.2, 0.25) is 0 Å². The maximum atomic E-state index is 2.35. The SMILES string of the molecule is CCCCC[CH]c1ccc2ccccc2c1. The van der Waals surface area contributed by atoms with E-state index < -0.39 is 0 Å². The average Bonchev–Trinajstić information content (AvgIpc) is 2.34. The molecule has 0 saturated carbocycles. The number of hydrogen-bond acceptors (Lipinski definition) is 0. The minimum atomic E-state index is 1.20. The molecule has 0 fully saturated rings. The van der Waals surface area contributed by atoms with E-state index in [1.54, 1.807) is 0 Å². The number of hydrogen-bond donors (Lipinski definition) is 0. The van der Waals surface area contributed by atoms with Crippen LogP contribution in [0, 0.1) is 6.42 Å². The second-order valence-electron chi connectivity index (χ2n) is 4.31. The third-order valence-corrected chi connectivity index (χ3v) is 2.96. The van der Waals surface area contributed by atoms with Crippen LogP contribution in [0.1, 0.15) is 38.2 Å². The topological polar surface area (TPSA) is 0 Å². The third-order valence-electron chi connectivity index (χ3n) is 2.96. The normalized spacial score (nSPS) is 10.8. The molecule has 0 saturated heterocycles. The van der Waals surface area contributed by atoms with Crippen molar-refractivity contribution >= 4 is 10.8 Å². The van der Waals surface area contributed by atoms with E-state index in [4.69, 9.17) is 0 Å². The summed E-state index contributed by atoms with van der Waals surface area (Å²) in [5.74, 6) is 0. The Morgan fingerprint density at radius 1 is 0.938 bits per heavy atom. The third kappa shape index (κ3) is 2.85. The summed E-state index contributed by atoms with van der Waals surface area (Å²) in [7, 11) is 0. The Kier molecular flexibility index (Phi) is 3.98. The molecular weight excluding hydrogens is 192 g/mol. The van der Waals surface area contributed by atoms with Gasteiger partial charge in [-0.15, -0.1) is 0 Å². The van der Waals surface area contributed by atoms with E-state index in [-0.39, 0.29) is 0 Å². The molecule has 0 aliphatic heterocycles. The highest BCUT2D eigenvalue weighted by Gasteiger charge is 1.96. The molecule has 0 N–H and O–H groups in total. The minimum Gasteiger partial charge on any atom is -0.0654 e. The van der Waals surface area contributed by atoms with Crippen molar-refractivity contribution in [3.8, 4) is 0 Å². The van der Waals surface area contributed by atoms with Gasteiger partial charge in [-0.3, -0.25) is 0 Å². The molecule has 0 amide bonds. The molecule has 0 spiro atoms. The van der Waals surface area contributed by atoms with Crippen molar-refractivity contribution in [1.82, 2.24) is 0 Å². The zero-order valence-corrected chi connectivity index (χ0v) is 9.95. The highest BCUT2D eigenvalue weighted by atomic mass is 14.0. The Morgan fingerprint density at radius 2 is 1.75 bits per heavy atom. The summed E-state index contributed by atoms with van der Waals surface area (Å²) in [6.07, 6.45) is 7.49. The number of unbranched alkanes of at least 4 members (excludes halogenated alkanes) is 3. The van der Waals surface area contributed by atoms with E-state index in [9.17, 15) is 0 Å². The first kappa shape index (κ1) is 11.2. The van der Waals surface area contributed by atoms with Gasteiger partial charge in [-0.05, 0) is 29.2 Å². The van der Waals surface area contributed by atoms with E-state index in [2.05, 4.69) is 55.8 Å². The number of fused-ring (bicyclic) bond motifs is 1. The molecule has 0 atom stereocenters. The summed E-state index contributed by atoms with van der Waals surface area (Å²) in [5.41, 5.74) is 1.36. The molecular formula is C16H19. The van der Waals surface area contributed by atoms with Crippen LogP contribution in [0.5, 0.6) is 0 Å². The van der Waals surface area contributed by atoms with Crippen molar-refractivity contribution in [2.45, 2.75) is 32.6 Å². The summed E-state index contributed by atoms with van der Waals surface area (Å²) >= 11 is 0. The highest BCUT2D eigenvalue weighted by Crippen LogP contribution is 2.18. The monoisotopic (exact) mass is 211 g/mol. The maximum absolute atomic E-state index is 2.35. The standard InChI is InChI=1S/C16H19/c1-2-3-4-5-8-14-11-12-15-9-6-7-10-16(15)13-14/h6-13H,2-5H2,1H3. The molecule has 0 aliphatic carbocycles. The lowest BCUT2D eigenvalue weighted by molar-refractivity contribution is 0.715. The van der Waals surface area contributed by atoms with Crippen LogP contribution in [-0.2, 0) is 0 Å². The molecule has 2 aromatic rings. The summed E-state index contributed by atoms with van der Waals surface area (Å²) in [4.78, 5) is 0. The van der Waals surface area contributed by atoms with Crippen LogP contribution < -0.4 is 0 Å². The summed E-state index contributed by atoms with van der Waals surface area (Å²) in [5, 5.41) is 2.67. The first-order valence-corrected chi connectivity index (χ1v) is 6.22. The van der Waals surface area contributed by atoms with Gasteiger partial charge in [0.15, 0.2) is 0 Å². The van der Waals surface area contributed by atoms with Crippen molar-refractivity contribution in [3.05, 3.63) is 54.4 Å². The molecule has 0 nitrogen and oxygen atoms in total. The van der Waals surface area contributed by atoms with Crippen LogP contribution in [0.4, 0.5) is 0 Å². The zero-order valence-electron chi connectivity index (χ0n) is 9.95. The van der Waals surface area contributed by atoms with Crippen LogP contribution in [-0.4, -0.2) is 0 Å². The fourth-order valence-corrected chi connectivity index (χ4v) is 2.00. The molecule has 0 heteroatoms. The molecule has 0 aromatic heterocycles. The van der Waals surface area contributed by atoms with Crippen LogP contribution in [0.25, 0.3) is 10.8 Å². The predicted octanol–water partition coefficient (Wildman–Crippen LogP) is 4.97. The quantitative estimate of drug-likeness (QED) is 0.612. The maximum Gasteiger partial charge on any atom is -0.00929 e. The predicted molar refractivity (Wildman–Crippen MR) is 71.5 cm³/mol. The van der Waals surface area contributed by atoms with Gasteiger partial charge in [0, 0.05) is 0 Å². The van der Waals surface area contributed by atoms with Gasteiger partial charge >= 0.3 is 0 Å². The van der Waals surface area contributed by atoms with Crippen molar-refractivity contribution in [2.24, 2.45) is 0 Å². The highest BCUT2D eigenvalue weighted by molar-refractivity contribution is 5.83. The van der Waals surface area contributed by atoms with Crippen molar-refractivity contribution in [3.63, 3.8) is 0 Å². The van der Waals surface area contributed by atoms with E-state index >= 15 is 0 Å². The molecule has 2 aromatic carbocycles. The van der Waals surface area contributed by atoms with Crippen LogP contribution in [0.3, 0.4) is 0 Å². The van der Waals surface area contributed by atoms with Crippen molar-refractivity contribution < 1.29 is 0 Å². The van der Waals surface area contributed by atoms with Crippen LogP contribution in [0.2, 0.25) is 0 Å². The zero-order chi connectivity index (χ0) is 11.2. The molecule has 0 aliphatic rings. The minimum absolute atomic E-state index is 1.20. The lowest BCUT2D eigenvalue weighted by Gasteiger charge is -2.03. The number of rotatable bonds is 5. The van der Waals surface area contributed by atoms with Crippen molar-refractivity contribution in [2.75, 3.05) is 0 Å². The summed E-state index contributed by atoms with van der Waals surface area (Å²) in [6.45, 7) is 2.25. The van der Waals surface area contributed by atoms with E-state index in [1.165, 1.54) is 42.0 Å². The molecule has 1 radical (unpaired) electrons. The fourth-order valence-electron chi connectivity index (χ4n) is 2.00. The summed E-state index contributed by atoms with van der Waals surface area (Å²) < 4.78 is 0. The Balaban J connectivity index is 2.02. The van der Waals surface area contributed by atoms with E-state index in [0.717, 1.165) is 0 Å². The van der Waals surface area contributed by atoms with Gasteiger partial charge < -0.3 is 0 Å². The van der Waals surface area contributed by atoms with Crippen LogP contribution >= 0.6 is 0 Å². The lowest BCUT2D eigenvalue weighted by Crippen LogP contribution is -1.83. The summed E-state index contributed by atoms with van der Waals surface area (Å²) in [6, 6.07) is 15.2. The van der Waals surface area contributed by atoms with Gasteiger partial charge in [0.1, 0.15) is 0 Å². The molecule has 0 unspecified atom stereocenters. The molecule has 16 heavy (non-hydrogen) atoms. The first-order valence-electron chi connectivity index (χ1n) is 6.22. The number of benzene rings is 2. The molecule has 83 valence electrons. The smallest absolute Gasteiger partial charge is 0.00929 e. The van der Waals surface area contributed by atoms with E-state index in [1.807, 2.05) is 0 Å². The largest absolute Gasteiger partial charge is 0.0654 e. The van der Waals surface area contributed by atoms with Gasteiger partial charge in [0.05, 0.1) is 0 Å². The van der Waals surface area contributed by atoms with Crippen LogP contribution in [0.15, 0.2) is 42.5 Å². The average molecular weight is 211 g/mol. The Labute approximate surface area is 98.3 Å². The Morgan fingerprint density at radius 3 is 2.56 bits per heavy atom. The van der Waals surface area contributed by atoms with Gasteiger partial charge in [-0.1, -0.05) is 68.7 Å². The Bertz CT molecular complexity index is 442. The van der Waals surface area contributed by atoms with Gasteiger partial charge in [-0.2, -0.15) is 0 Å². The van der Waals surface area contributed by atoms with Gasteiger partial charge in [0.25, 0.3) is 0 Å². The first-order chi connectivity index (χ1) is 7.90. The van der Waals surface area contributed by atoms with Crippen molar-refractivity contribution in [1.29, 1.82) is 0 Å². The second kappa shape index (κ2) is 5.69. The fraction of sp³-hybridized carbons (Fsp3) is 0.312.